The van der Waals surface area contributed by atoms with Gasteiger partial charge in [-0.15, -0.1) is 11.3 Å². The zero-order chi connectivity index (χ0) is 11.0. The van der Waals surface area contributed by atoms with Gasteiger partial charge in [-0.2, -0.15) is 0 Å². The summed E-state index contributed by atoms with van der Waals surface area (Å²) in [5, 5.41) is 0.604. The molecule has 2 N–H and O–H groups in total. The van der Waals surface area contributed by atoms with Crippen molar-refractivity contribution in [2.24, 2.45) is 0 Å². The monoisotopic (exact) mass is 225 g/mol. The molecule has 1 fully saturated rings. The Bertz CT molecular complexity index is 394. The van der Waals surface area contributed by atoms with Crippen molar-refractivity contribution in [2.45, 2.75) is 32.6 Å². The summed E-state index contributed by atoms with van der Waals surface area (Å²) in [7, 11) is 0. The van der Waals surface area contributed by atoms with Gasteiger partial charge in [0.05, 0.1) is 12.2 Å². The van der Waals surface area contributed by atoms with Crippen LogP contribution in [0.15, 0.2) is 0 Å². The Morgan fingerprint density at radius 3 is 2.80 bits per heavy atom. The summed E-state index contributed by atoms with van der Waals surface area (Å²) >= 11 is 1.50. The Kier molecular flexibility index (Phi) is 2.69. The molecule has 3 nitrogen and oxygen atoms in total. The number of nitrogens with two attached hydrogens (primary N) is 1. The molecule has 2 rings (SSSR count). The van der Waals surface area contributed by atoms with E-state index < -0.39 is 0 Å². The van der Waals surface area contributed by atoms with Crippen LogP contribution in [0.3, 0.4) is 0 Å². The first-order valence-electron chi connectivity index (χ1n) is 5.21. The molecule has 1 aliphatic carbocycles. The molecule has 1 aromatic heterocycles. The van der Waals surface area contributed by atoms with Crippen molar-refractivity contribution in [3.05, 3.63) is 16.0 Å². The number of carbonyl (C=O) groups excluding carboxylic acids is 1. The van der Waals surface area contributed by atoms with Gasteiger partial charge in [0.2, 0.25) is 0 Å². The lowest BCUT2D eigenvalue weighted by atomic mass is 10.1. The summed E-state index contributed by atoms with van der Waals surface area (Å²) in [6.07, 6.45) is 2.34. The van der Waals surface area contributed by atoms with Crippen molar-refractivity contribution in [1.82, 2.24) is 0 Å². The summed E-state index contributed by atoms with van der Waals surface area (Å²) in [5.74, 6) is 0.277. The molecule has 0 radical (unpaired) electrons. The average molecular weight is 225 g/mol. The van der Waals surface area contributed by atoms with Crippen LogP contribution in [0, 0.1) is 6.92 Å². The van der Waals surface area contributed by atoms with Crippen molar-refractivity contribution in [2.75, 3.05) is 12.3 Å². The van der Waals surface area contributed by atoms with Crippen LogP contribution in [0.4, 0.5) is 5.00 Å². The average Bonchev–Trinajstić information content (AvgIpc) is 2.93. The van der Waals surface area contributed by atoms with Gasteiger partial charge in [-0.25, -0.2) is 4.79 Å². The molecular weight excluding hydrogens is 210 g/mol. The molecule has 0 atom stereocenters. The Hall–Kier alpha value is -1.03. The number of esters is 1. The maximum absolute atomic E-state index is 11.7. The number of hydrogen-bond donors (Lipinski definition) is 1. The van der Waals surface area contributed by atoms with Crippen LogP contribution in [0.1, 0.15) is 46.5 Å². The van der Waals surface area contributed by atoms with Gasteiger partial charge in [-0.3, -0.25) is 0 Å². The number of hydrogen-bond acceptors (Lipinski definition) is 4. The molecule has 82 valence electrons. The van der Waals surface area contributed by atoms with E-state index >= 15 is 0 Å². The lowest BCUT2D eigenvalue weighted by Crippen LogP contribution is -2.08. The molecule has 0 bridgehead atoms. The first kappa shape index (κ1) is 10.5. The van der Waals surface area contributed by atoms with E-state index in [1.54, 1.807) is 0 Å². The minimum Gasteiger partial charge on any atom is -0.462 e. The molecule has 0 aliphatic heterocycles. The predicted molar refractivity (Wildman–Crippen MR) is 61.4 cm³/mol. The van der Waals surface area contributed by atoms with E-state index in [0.717, 1.165) is 10.4 Å². The fourth-order valence-corrected chi connectivity index (χ4v) is 2.86. The third kappa shape index (κ3) is 1.86. The van der Waals surface area contributed by atoms with Crippen molar-refractivity contribution >= 4 is 22.3 Å². The highest BCUT2D eigenvalue weighted by molar-refractivity contribution is 7.16. The first-order chi connectivity index (χ1) is 7.15. The fraction of sp³-hybridized carbons (Fsp3) is 0.545. The minimum absolute atomic E-state index is 0.263. The number of rotatable bonds is 3. The quantitative estimate of drug-likeness (QED) is 0.805. The molecule has 1 aliphatic rings. The van der Waals surface area contributed by atoms with Crippen molar-refractivity contribution < 1.29 is 9.53 Å². The van der Waals surface area contributed by atoms with Gasteiger partial charge in [-0.1, -0.05) is 0 Å². The second-order valence-electron chi connectivity index (χ2n) is 3.81. The van der Waals surface area contributed by atoms with Crippen LogP contribution in [0.2, 0.25) is 0 Å². The molecule has 1 saturated carbocycles. The molecule has 0 amide bonds. The van der Waals surface area contributed by atoms with Crippen molar-refractivity contribution in [1.29, 1.82) is 0 Å². The third-order valence-corrected chi connectivity index (χ3v) is 3.57. The van der Waals surface area contributed by atoms with Gasteiger partial charge >= 0.3 is 5.97 Å². The molecule has 0 aromatic carbocycles. The maximum atomic E-state index is 11.7. The van der Waals surface area contributed by atoms with E-state index in [9.17, 15) is 4.79 Å². The molecule has 1 aromatic rings. The third-order valence-electron chi connectivity index (χ3n) is 2.62. The number of aryl methyl sites for hydroxylation is 1. The Balaban J connectivity index is 2.39. The van der Waals surface area contributed by atoms with Gasteiger partial charge in [0.1, 0.15) is 5.00 Å². The summed E-state index contributed by atoms with van der Waals surface area (Å²) < 4.78 is 5.03. The van der Waals surface area contributed by atoms with Crippen LogP contribution < -0.4 is 5.73 Å². The molecule has 15 heavy (non-hydrogen) atoms. The zero-order valence-electron chi connectivity index (χ0n) is 9.00. The highest BCUT2D eigenvalue weighted by Gasteiger charge is 2.33. The lowest BCUT2D eigenvalue weighted by molar-refractivity contribution is 0.0527. The summed E-state index contributed by atoms with van der Waals surface area (Å²) in [5.41, 5.74) is 7.62. The highest BCUT2D eigenvalue weighted by Crippen LogP contribution is 2.47. The number of carbonyl (C=O) groups is 1. The molecule has 4 heteroatoms. The number of anilines is 1. The molecule has 0 saturated heterocycles. The Labute approximate surface area is 93.2 Å². The smallest absolute Gasteiger partial charge is 0.341 e. The van der Waals surface area contributed by atoms with E-state index in [-0.39, 0.29) is 5.97 Å². The minimum atomic E-state index is -0.263. The van der Waals surface area contributed by atoms with Crippen LogP contribution in [0.25, 0.3) is 0 Å². The van der Waals surface area contributed by atoms with E-state index in [4.69, 9.17) is 10.5 Å². The summed E-state index contributed by atoms with van der Waals surface area (Å²) in [6.45, 7) is 4.23. The largest absolute Gasteiger partial charge is 0.462 e. The SMILES string of the molecule is CCOC(=O)c1c(N)sc(C)c1C1CC1. The van der Waals surface area contributed by atoms with Gasteiger partial charge in [0.15, 0.2) is 0 Å². The standard InChI is InChI=1S/C11H15NO2S/c1-3-14-11(13)9-8(7-4-5-7)6(2)15-10(9)12/h7H,3-5,12H2,1-2H3. The fourth-order valence-electron chi connectivity index (χ4n) is 1.86. The van der Waals surface area contributed by atoms with Gasteiger partial charge < -0.3 is 10.5 Å². The molecule has 0 unspecified atom stereocenters. The molecule has 1 heterocycles. The molecular formula is C11H15NO2S. The normalized spacial score (nSPS) is 15.3. The number of thiophene rings is 1. The van der Waals surface area contributed by atoms with Crippen molar-refractivity contribution in [3.63, 3.8) is 0 Å². The second-order valence-corrected chi connectivity index (χ2v) is 5.06. The van der Waals surface area contributed by atoms with Crippen LogP contribution in [-0.2, 0) is 4.74 Å². The van der Waals surface area contributed by atoms with Crippen LogP contribution >= 0.6 is 11.3 Å². The Morgan fingerprint density at radius 2 is 2.27 bits per heavy atom. The number of nitrogen functional groups attached to an aromatic ring is 1. The number of ether oxygens (including phenoxy) is 1. The van der Waals surface area contributed by atoms with Crippen LogP contribution in [0.5, 0.6) is 0 Å². The van der Waals surface area contributed by atoms with Gasteiger partial charge in [-0.05, 0) is 38.2 Å². The van der Waals surface area contributed by atoms with E-state index in [2.05, 4.69) is 0 Å². The van der Waals surface area contributed by atoms with Crippen LogP contribution in [-0.4, -0.2) is 12.6 Å². The first-order valence-corrected chi connectivity index (χ1v) is 6.02. The molecule has 0 spiro atoms. The second kappa shape index (κ2) is 3.85. The van der Waals surface area contributed by atoms with E-state index in [1.807, 2.05) is 13.8 Å². The summed E-state index contributed by atoms with van der Waals surface area (Å²) in [4.78, 5) is 12.9. The zero-order valence-corrected chi connectivity index (χ0v) is 9.82. The lowest BCUT2D eigenvalue weighted by Gasteiger charge is -2.04. The van der Waals surface area contributed by atoms with Crippen molar-refractivity contribution in [3.8, 4) is 0 Å². The Morgan fingerprint density at radius 1 is 1.60 bits per heavy atom. The van der Waals surface area contributed by atoms with E-state index in [0.29, 0.717) is 23.1 Å². The predicted octanol–water partition coefficient (Wildman–Crippen LogP) is 2.69. The van der Waals surface area contributed by atoms with E-state index in [1.165, 1.54) is 24.2 Å². The van der Waals surface area contributed by atoms with Gasteiger partial charge in [0, 0.05) is 4.88 Å². The highest BCUT2D eigenvalue weighted by atomic mass is 32.1. The van der Waals surface area contributed by atoms with Gasteiger partial charge in [0.25, 0.3) is 0 Å². The maximum Gasteiger partial charge on any atom is 0.341 e. The topological polar surface area (TPSA) is 52.3 Å². The summed E-state index contributed by atoms with van der Waals surface area (Å²) in [6, 6.07) is 0.